The summed E-state index contributed by atoms with van der Waals surface area (Å²) in [7, 11) is 0. The van der Waals surface area contributed by atoms with Crippen LogP contribution >= 0.6 is 0 Å². The van der Waals surface area contributed by atoms with Gasteiger partial charge in [0.2, 0.25) is 17.7 Å². The molecule has 0 bridgehead atoms. The molecule has 7 heteroatoms. The SMILES string of the molecule is CCOC(=O)[C@H]1CCCCN1C(=O)C[C@@]1(c2ccccc2C)CC(=O)N(C2CCCC2)C1=O. The van der Waals surface area contributed by atoms with E-state index in [1.807, 2.05) is 31.2 Å². The molecule has 4 rings (SSSR count). The first-order valence-electron chi connectivity index (χ1n) is 12.3. The van der Waals surface area contributed by atoms with Crippen molar-refractivity contribution in [2.24, 2.45) is 0 Å². The Hall–Kier alpha value is -2.70. The minimum Gasteiger partial charge on any atom is -0.464 e. The van der Waals surface area contributed by atoms with Crippen molar-refractivity contribution in [1.82, 2.24) is 9.80 Å². The molecule has 1 aromatic carbocycles. The zero-order valence-electron chi connectivity index (χ0n) is 19.7. The number of ether oxygens (including phenoxy) is 1. The Labute approximate surface area is 195 Å². The molecule has 1 saturated carbocycles. The van der Waals surface area contributed by atoms with Crippen LogP contribution in [0.4, 0.5) is 0 Å². The van der Waals surface area contributed by atoms with Crippen LogP contribution in [-0.4, -0.2) is 58.7 Å². The number of rotatable bonds is 6. The van der Waals surface area contributed by atoms with E-state index in [2.05, 4.69) is 0 Å². The molecule has 0 N–H and O–H groups in total. The van der Waals surface area contributed by atoms with Gasteiger partial charge < -0.3 is 9.64 Å². The van der Waals surface area contributed by atoms with Gasteiger partial charge in [-0.1, -0.05) is 37.1 Å². The predicted octanol–water partition coefficient (Wildman–Crippen LogP) is 3.27. The highest BCUT2D eigenvalue weighted by atomic mass is 16.5. The van der Waals surface area contributed by atoms with Crippen LogP contribution in [0.3, 0.4) is 0 Å². The van der Waals surface area contributed by atoms with Gasteiger partial charge in [-0.25, -0.2) is 4.79 Å². The van der Waals surface area contributed by atoms with Crippen LogP contribution in [0, 0.1) is 6.92 Å². The van der Waals surface area contributed by atoms with Gasteiger partial charge in [0.1, 0.15) is 6.04 Å². The van der Waals surface area contributed by atoms with Crippen molar-refractivity contribution in [2.75, 3.05) is 13.2 Å². The molecular weight excluding hydrogens is 420 g/mol. The smallest absolute Gasteiger partial charge is 0.328 e. The fourth-order valence-electron chi connectivity index (χ4n) is 5.92. The fourth-order valence-corrected chi connectivity index (χ4v) is 5.92. The fraction of sp³-hybridized carbons (Fsp3) is 0.615. The maximum Gasteiger partial charge on any atom is 0.328 e. The molecule has 7 nitrogen and oxygen atoms in total. The quantitative estimate of drug-likeness (QED) is 0.487. The van der Waals surface area contributed by atoms with Gasteiger partial charge in [0.15, 0.2) is 0 Å². The number of aryl methyl sites for hydroxylation is 1. The molecule has 2 saturated heterocycles. The third kappa shape index (κ3) is 4.30. The first kappa shape index (κ1) is 23.5. The second-order valence-corrected chi connectivity index (χ2v) is 9.61. The van der Waals surface area contributed by atoms with Gasteiger partial charge in [-0.05, 0) is 57.1 Å². The Morgan fingerprint density at radius 2 is 1.76 bits per heavy atom. The molecule has 2 aliphatic heterocycles. The number of piperidine rings is 1. The minimum absolute atomic E-state index is 0.00314. The number of imide groups is 1. The van der Waals surface area contributed by atoms with Gasteiger partial charge in [-0.2, -0.15) is 0 Å². The molecule has 0 aromatic heterocycles. The van der Waals surface area contributed by atoms with E-state index < -0.39 is 17.4 Å². The van der Waals surface area contributed by atoms with Gasteiger partial charge >= 0.3 is 5.97 Å². The summed E-state index contributed by atoms with van der Waals surface area (Å²) in [6, 6.07) is 6.83. The van der Waals surface area contributed by atoms with Crippen molar-refractivity contribution < 1.29 is 23.9 Å². The van der Waals surface area contributed by atoms with E-state index in [0.717, 1.165) is 49.7 Å². The molecule has 0 spiro atoms. The number of benzene rings is 1. The molecule has 33 heavy (non-hydrogen) atoms. The standard InChI is InChI=1S/C26H34N2O5/c1-3-33-24(31)21-14-8-9-15-27(21)22(29)16-26(20-13-7-4-10-18(20)2)17-23(30)28(25(26)32)19-11-5-6-12-19/h4,7,10,13,19,21H,3,5-6,8-9,11-12,14-17H2,1-2H3/t21-,26+/m1/s1. The van der Waals surface area contributed by atoms with Crippen molar-refractivity contribution in [1.29, 1.82) is 0 Å². The zero-order chi connectivity index (χ0) is 23.6. The van der Waals surface area contributed by atoms with Crippen molar-refractivity contribution in [3.8, 4) is 0 Å². The Morgan fingerprint density at radius 3 is 2.45 bits per heavy atom. The number of likely N-dealkylation sites (tertiary alicyclic amines) is 2. The van der Waals surface area contributed by atoms with E-state index in [0.29, 0.717) is 13.0 Å². The average Bonchev–Trinajstić information content (AvgIpc) is 3.41. The van der Waals surface area contributed by atoms with Crippen LogP contribution < -0.4 is 0 Å². The highest BCUT2D eigenvalue weighted by molar-refractivity contribution is 6.11. The summed E-state index contributed by atoms with van der Waals surface area (Å²) in [5, 5.41) is 0. The Balaban J connectivity index is 1.68. The average molecular weight is 455 g/mol. The summed E-state index contributed by atoms with van der Waals surface area (Å²) >= 11 is 0. The van der Waals surface area contributed by atoms with Crippen LogP contribution in [0.1, 0.15) is 75.8 Å². The first-order valence-corrected chi connectivity index (χ1v) is 12.3. The van der Waals surface area contributed by atoms with Crippen LogP contribution in [0.25, 0.3) is 0 Å². The molecule has 178 valence electrons. The second-order valence-electron chi connectivity index (χ2n) is 9.61. The van der Waals surface area contributed by atoms with Gasteiger partial charge in [-0.15, -0.1) is 0 Å². The molecule has 3 amide bonds. The monoisotopic (exact) mass is 454 g/mol. The summed E-state index contributed by atoms with van der Waals surface area (Å²) < 4.78 is 5.22. The van der Waals surface area contributed by atoms with E-state index in [4.69, 9.17) is 4.74 Å². The highest BCUT2D eigenvalue weighted by Crippen LogP contribution is 2.44. The summed E-state index contributed by atoms with van der Waals surface area (Å²) in [4.78, 5) is 56.4. The lowest BCUT2D eigenvalue weighted by Crippen LogP contribution is -2.52. The lowest BCUT2D eigenvalue weighted by molar-refractivity contribution is -0.157. The number of hydrogen-bond donors (Lipinski definition) is 0. The topological polar surface area (TPSA) is 84.0 Å². The number of carbonyl (C=O) groups is 4. The van der Waals surface area contributed by atoms with Crippen LogP contribution in [0.5, 0.6) is 0 Å². The van der Waals surface area contributed by atoms with Gasteiger partial charge in [-0.3, -0.25) is 19.3 Å². The molecule has 3 aliphatic rings. The van der Waals surface area contributed by atoms with Crippen LogP contribution in [0.15, 0.2) is 24.3 Å². The van der Waals surface area contributed by atoms with Crippen LogP contribution in [0.2, 0.25) is 0 Å². The van der Waals surface area contributed by atoms with E-state index in [1.54, 1.807) is 11.8 Å². The normalized spacial score (nSPS) is 26.2. The molecule has 1 aliphatic carbocycles. The molecule has 1 aromatic rings. The van der Waals surface area contributed by atoms with Gasteiger partial charge in [0, 0.05) is 25.4 Å². The third-order valence-electron chi connectivity index (χ3n) is 7.54. The first-order chi connectivity index (χ1) is 15.9. The number of carbonyl (C=O) groups excluding carboxylic acids is 4. The van der Waals surface area contributed by atoms with E-state index >= 15 is 0 Å². The number of nitrogens with zero attached hydrogens (tertiary/aromatic N) is 2. The Kier molecular flexibility index (Phi) is 6.86. The second kappa shape index (κ2) is 9.65. The number of hydrogen-bond acceptors (Lipinski definition) is 5. The summed E-state index contributed by atoms with van der Waals surface area (Å²) in [6.45, 7) is 4.38. The molecule has 2 atom stereocenters. The van der Waals surface area contributed by atoms with Crippen molar-refractivity contribution >= 4 is 23.7 Å². The highest BCUT2D eigenvalue weighted by Gasteiger charge is 2.56. The largest absolute Gasteiger partial charge is 0.464 e. The molecule has 0 radical (unpaired) electrons. The maximum absolute atomic E-state index is 14.0. The molecule has 0 unspecified atom stereocenters. The lowest BCUT2D eigenvalue weighted by atomic mass is 9.73. The number of amides is 3. The minimum atomic E-state index is -1.22. The van der Waals surface area contributed by atoms with Crippen molar-refractivity contribution in [3.63, 3.8) is 0 Å². The van der Waals surface area contributed by atoms with Gasteiger partial charge in [0.05, 0.1) is 12.0 Å². The molecule has 2 heterocycles. The maximum atomic E-state index is 14.0. The third-order valence-corrected chi connectivity index (χ3v) is 7.54. The molecule has 3 fully saturated rings. The van der Waals surface area contributed by atoms with Crippen molar-refractivity contribution in [2.45, 2.75) is 89.1 Å². The van der Waals surface area contributed by atoms with E-state index in [-0.39, 0.29) is 43.2 Å². The zero-order valence-corrected chi connectivity index (χ0v) is 19.7. The predicted molar refractivity (Wildman–Crippen MR) is 122 cm³/mol. The lowest BCUT2D eigenvalue weighted by Gasteiger charge is -2.37. The van der Waals surface area contributed by atoms with E-state index in [9.17, 15) is 19.2 Å². The summed E-state index contributed by atoms with van der Waals surface area (Å²) in [5.41, 5.74) is 0.404. The van der Waals surface area contributed by atoms with Crippen LogP contribution in [-0.2, 0) is 29.3 Å². The molecular formula is C26H34N2O5. The Morgan fingerprint density at radius 1 is 1.06 bits per heavy atom. The Bertz CT molecular complexity index is 938. The van der Waals surface area contributed by atoms with E-state index in [1.165, 1.54) is 4.90 Å². The summed E-state index contributed by atoms with van der Waals surface area (Å²) in [6.07, 6.45) is 5.77. The van der Waals surface area contributed by atoms with Crippen molar-refractivity contribution in [3.05, 3.63) is 35.4 Å². The summed E-state index contributed by atoms with van der Waals surface area (Å²) in [5.74, 6) is -1.10. The van der Waals surface area contributed by atoms with Gasteiger partial charge in [0.25, 0.3) is 0 Å². The number of esters is 1.